The van der Waals surface area contributed by atoms with Gasteiger partial charge in [0.1, 0.15) is 0 Å². The van der Waals surface area contributed by atoms with E-state index in [1.807, 2.05) is 0 Å². The second-order valence-corrected chi connectivity index (χ2v) is 3.50. The molecule has 0 saturated carbocycles. The van der Waals surface area contributed by atoms with E-state index in [1.165, 1.54) is 32.1 Å². The third-order valence-corrected chi connectivity index (χ3v) is 2.37. The minimum atomic E-state index is 0. The average molecular weight is 198 g/mol. The summed E-state index contributed by atoms with van der Waals surface area (Å²) >= 11 is 5.96. The molecule has 3 heteroatoms. The first-order valence-corrected chi connectivity index (χ1v) is 4.71. The third kappa shape index (κ3) is 5.77. The fourth-order valence-corrected chi connectivity index (χ4v) is 1.60. The van der Waals surface area contributed by atoms with Gasteiger partial charge < -0.3 is 5.32 Å². The highest BCUT2D eigenvalue weighted by atomic mass is 35.5. The number of hydrogen-bond donors (Lipinski definition) is 1. The summed E-state index contributed by atoms with van der Waals surface area (Å²) in [5, 5.41) is 3.29. The Morgan fingerprint density at radius 3 is 2.45 bits per heavy atom. The number of halogens is 2. The van der Waals surface area contributed by atoms with Gasteiger partial charge >= 0.3 is 0 Å². The maximum Gasteiger partial charge on any atom is 0.0825 e. The molecule has 0 bridgehead atoms. The molecule has 1 aliphatic heterocycles. The third-order valence-electron chi connectivity index (χ3n) is 2.00. The molecule has 0 amide bonds. The molecule has 0 aromatic carbocycles. The number of nitrogens with one attached hydrogen (secondary N) is 1. The van der Waals surface area contributed by atoms with Gasteiger partial charge in [-0.05, 0) is 19.4 Å². The highest BCUT2D eigenvalue weighted by molar-refractivity contribution is 6.20. The molecule has 1 heterocycles. The van der Waals surface area contributed by atoms with Gasteiger partial charge in [0.25, 0.3) is 0 Å². The van der Waals surface area contributed by atoms with E-state index in [0.29, 0.717) is 0 Å². The van der Waals surface area contributed by atoms with E-state index in [0.717, 1.165) is 13.0 Å². The van der Waals surface area contributed by atoms with E-state index in [2.05, 4.69) is 5.32 Å². The summed E-state index contributed by atoms with van der Waals surface area (Å²) in [6.45, 7) is 1.11. The fourth-order valence-electron chi connectivity index (χ4n) is 1.34. The zero-order valence-electron chi connectivity index (χ0n) is 6.81. The molecule has 1 saturated heterocycles. The van der Waals surface area contributed by atoms with Gasteiger partial charge in [0.05, 0.1) is 5.50 Å². The second-order valence-electron chi connectivity index (χ2n) is 2.98. The van der Waals surface area contributed by atoms with Crippen LogP contribution >= 0.6 is 24.0 Å². The van der Waals surface area contributed by atoms with Gasteiger partial charge in [0.15, 0.2) is 0 Å². The lowest BCUT2D eigenvalue weighted by Crippen LogP contribution is -2.23. The topological polar surface area (TPSA) is 12.0 Å². The van der Waals surface area contributed by atoms with E-state index >= 15 is 0 Å². The van der Waals surface area contributed by atoms with E-state index in [4.69, 9.17) is 11.6 Å². The van der Waals surface area contributed by atoms with Crippen LogP contribution in [0.3, 0.4) is 0 Å². The minimum absolute atomic E-state index is 0. The Labute approximate surface area is 80.3 Å². The van der Waals surface area contributed by atoms with Gasteiger partial charge in [-0.2, -0.15) is 0 Å². The van der Waals surface area contributed by atoms with Crippen molar-refractivity contribution in [2.75, 3.05) is 6.54 Å². The number of hydrogen-bond acceptors (Lipinski definition) is 1. The molecule has 1 rings (SSSR count). The molecule has 0 radical (unpaired) electrons. The first-order valence-electron chi connectivity index (χ1n) is 4.27. The van der Waals surface area contributed by atoms with Gasteiger partial charge in [0.2, 0.25) is 0 Å². The number of alkyl halides is 1. The van der Waals surface area contributed by atoms with Crippen molar-refractivity contribution in [3.8, 4) is 0 Å². The Morgan fingerprint density at radius 1 is 1.00 bits per heavy atom. The van der Waals surface area contributed by atoms with Crippen LogP contribution in [0.5, 0.6) is 0 Å². The lowest BCUT2D eigenvalue weighted by Gasteiger charge is -2.07. The molecular weight excluding hydrogens is 181 g/mol. The lowest BCUT2D eigenvalue weighted by molar-refractivity contribution is 0.588. The molecular formula is C8H17Cl2N. The Morgan fingerprint density at radius 2 is 1.64 bits per heavy atom. The predicted octanol–water partition coefficient (Wildman–Crippen LogP) is 2.92. The zero-order valence-corrected chi connectivity index (χ0v) is 8.39. The van der Waals surface area contributed by atoms with E-state index in [1.54, 1.807) is 0 Å². The molecule has 1 aliphatic rings. The van der Waals surface area contributed by atoms with Crippen LogP contribution < -0.4 is 5.32 Å². The molecule has 1 fully saturated rings. The average Bonchev–Trinajstić information content (AvgIpc) is 2.02. The van der Waals surface area contributed by atoms with Crippen molar-refractivity contribution >= 4 is 24.0 Å². The van der Waals surface area contributed by atoms with E-state index in [-0.39, 0.29) is 17.9 Å². The fraction of sp³-hybridized carbons (Fsp3) is 1.00. The van der Waals surface area contributed by atoms with Crippen molar-refractivity contribution in [3.05, 3.63) is 0 Å². The largest absolute Gasteiger partial charge is 0.301 e. The maximum absolute atomic E-state index is 5.96. The van der Waals surface area contributed by atoms with Crippen molar-refractivity contribution in [1.82, 2.24) is 5.32 Å². The van der Waals surface area contributed by atoms with Crippen LogP contribution in [-0.4, -0.2) is 12.0 Å². The van der Waals surface area contributed by atoms with Crippen LogP contribution in [0.2, 0.25) is 0 Å². The summed E-state index contributed by atoms with van der Waals surface area (Å²) in [7, 11) is 0. The predicted molar refractivity (Wildman–Crippen MR) is 52.6 cm³/mol. The molecule has 0 aliphatic carbocycles. The maximum atomic E-state index is 5.96. The Kier molecular flexibility index (Phi) is 7.56. The molecule has 68 valence electrons. The normalized spacial score (nSPS) is 27.5. The van der Waals surface area contributed by atoms with E-state index in [9.17, 15) is 0 Å². The molecule has 0 aromatic rings. The van der Waals surface area contributed by atoms with E-state index < -0.39 is 0 Å². The van der Waals surface area contributed by atoms with Crippen LogP contribution in [0, 0.1) is 0 Å². The van der Waals surface area contributed by atoms with Crippen LogP contribution in [0.15, 0.2) is 0 Å². The molecule has 1 nitrogen and oxygen atoms in total. The zero-order chi connectivity index (χ0) is 7.23. The first-order chi connectivity index (χ1) is 4.89. The van der Waals surface area contributed by atoms with Gasteiger partial charge in [-0.15, -0.1) is 24.0 Å². The van der Waals surface area contributed by atoms with Gasteiger partial charge in [0, 0.05) is 0 Å². The summed E-state index contributed by atoms with van der Waals surface area (Å²) in [5.74, 6) is 0. The van der Waals surface area contributed by atoms with Crippen molar-refractivity contribution in [3.63, 3.8) is 0 Å². The highest BCUT2D eigenvalue weighted by Gasteiger charge is 2.04. The molecule has 1 unspecified atom stereocenters. The second kappa shape index (κ2) is 7.20. The smallest absolute Gasteiger partial charge is 0.0825 e. The van der Waals surface area contributed by atoms with Crippen molar-refractivity contribution in [1.29, 1.82) is 0 Å². The van der Waals surface area contributed by atoms with Gasteiger partial charge in [-0.25, -0.2) is 0 Å². The summed E-state index contributed by atoms with van der Waals surface area (Å²) in [5.41, 5.74) is 0.234. The monoisotopic (exact) mass is 197 g/mol. The quantitative estimate of drug-likeness (QED) is 0.466. The first kappa shape index (κ1) is 11.5. The Hall–Kier alpha value is 0.540. The van der Waals surface area contributed by atoms with Crippen LogP contribution in [-0.2, 0) is 0 Å². The summed E-state index contributed by atoms with van der Waals surface area (Å²) < 4.78 is 0. The SMILES string of the molecule is Cl.ClC1CCCCCCCN1. The molecule has 0 spiro atoms. The van der Waals surface area contributed by atoms with Crippen molar-refractivity contribution < 1.29 is 0 Å². The van der Waals surface area contributed by atoms with Gasteiger partial charge in [-0.3, -0.25) is 0 Å². The summed E-state index contributed by atoms with van der Waals surface area (Å²) in [6, 6.07) is 0. The standard InChI is InChI=1S/C8H16ClN.ClH/c9-8-6-4-2-1-3-5-7-10-8;/h8,10H,1-7H2;1H. The molecule has 1 atom stereocenters. The summed E-state index contributed by atoms with van der Waals surface area (Å²) in [6.07, 6.45) is 7.86. The lowest BCUT2D eigenvalue weighted by atomic mass is 10.1. The van der Waals surface area contributed by atoms with Crippen LogP contribution in [0.1, 0.15) is 38.5 Å². The van der Waals surface area contributed by atoms with Crippen LogP contribution in [0.4, 0.5) is 0 Å². The van der Waals surface area contributed by atoms with Crippen molar-refractivity contribution in [2.45, 2.75) is 44.0 Å². The highest BCUT2D eigenvalue weighted by Crippen LogP contribution is 2.11. The Bertz CT molecular complexity index is 78.2. The molecule has 1 N–H and O–H groups in total. The molecule has 0 aromatic heterocycles. The van der Waals surface area contributed by atoms with Crippen molar-refractivity contribution in [2.24, 2.45) is 0 Å². The summed E-state index contributed by atoms with van der Waals surface area (Å²) in [4.78, 5) is 0. The Balaban J connectivity index is 0.000001000. The van der Waals surface area contributed by atoms with Gasteiger partial charge in [-0.1, -0.05) is 25.7 Å². The minimum Gasteiger partial charge on any atom is -0.301 e. The number of rotatable bonds is 0. The van der Waals surface area contributed by atoms with Crippen LogP contribution in [0.25, 0.3) is 0 Å². The molecule has 11 heavy (non-hydrogen) atoms.